The van der Waals surface area contributed by atoms with Gasteiger partial charge in [-0.25, -0.2) is 0 Å². The lowest BCUT2D eigenvalue weighted by Gasteiger charge is -2.40. The van der Waals surface area contributed by atoms with Crippen molar-refractivity contribution in [3.8, 4) is 5.75 Å². The van der Waals surface area contributed by atoms with Gasteiger partial charge in [0.25, 0.3) is 0 Å². The quantitative estimate of drug-likeness (QED) is 0.654. The summed E-state index contributed by atoms with van der Waals surface area (Å²) in [5, 5.41) is 0. The van der Waals surface area contributed by atoms with Gasteiger partial charge in [-0.05, 0) is 62.0 Å². The molecule has 1 aromatic rings. The molecule has 0 saturated heterocycles. The van der Waals surface area contributed by atoms with E-state index in [1.807, 2.05) is 30.0 Å². The summed E-state index contributed by atoms with van der Waals surface area (Å²) in [5.74, 6) is 3.18. The summed E-state index contributed by atoms with van der Waals surface area (Å²) < 4.78 is 5.70. The van der Waals surface area contributed by atoms with E-state index in [-0.39, 0.29) is 0 Å². The first-order valence-corrected chi connectivity index (χ1v) is 9.48. The molecule has 134 valence electrons. The molecule has 1 amide bonds. The number of hydrogen-bond acceptors (Lipinski definition) is 2. The number of carbonyl (C=O) groups excluding carboxylic acids is 1. The highest BCUT2D eigenvalue weighted by Crippen LogP contribution is 2.36. The number of hydrogen-bond donors (Lipinski definition) is 0. The molecular formula is C21H33NO2. The van der Waals surface area contributed by atoms with Crippen LogP contribution in [-0.2, 0) is 11.2 Å². The van der Waals surface area contributed by atoms with Crippen molar-refractivity contribution in [2.45, 2.75) is 59.4 Å². The van der Waals surface area contributed by atoms with E-state index >= 15 is 0 Å². The minimum atomic E-state index is 0.395. The molecule has 0 aromatic heterocycles. The maximum absolute atomic E-state index is 11.7. The van der Waals surface area contributed by atoms with Crippen LogP contribution in [0.4, 0.5) is 0 Å². The molecule has 0 radical (unpaired) electrons. The largest absolute Gasteiger partial charge is 0.494 e. The Morgan fingerprint density at radius 3 is 2.67 bits per heavy atom. The monoisotopic (exact) mass is 331 g/mol. The Kier molecular flexibility index (Phi) is 7.14. The average molecular weight is 332 g/mol. The lowest BCUT2D eigenvalue weighted by Crippen LogP contribution is -2.41. The number of amides is 1. The predicted molar refractivity (Wildman–Crippen MR) is 99.2 cm³/mol. The fraction of sp³-hybridized carbons (Fsp3) is 0.667. The molecule has 3 unspecified atom stereocenters. The highest BCUT2D eigenvalue weighted by Gasteiger charge is 2.31. The van der Waals surface area contributed by atoms with Gasteiger partial charge in [-0.1, -0.05) is 39.0 Å². The van der Waals surface area contributed by atoms with Crippen molar-refractivity contribution >= 4 is 6.41 Å². The zero-order valence-electron chi connectivity index (χ0n) is 15.7. The van der Waals surface area contributed by atoms with E-state index in [2.05, 4.69) is 26.8 Å². The molecule has 0 heterocycles. The van der Waals surface area contributed by atoms with E-state index in [1.165, 1.54) is 12.0 Å². The second kappa shape index (κ2) is 9.10. The number of nitrogens with zero attached hydrogens (tertiary/aromatic N) is 1. The van der Waals surface area contributed by atoms with E-state index in [4.69, 9.17) is 4.74 Å². The summed E-state index contributed by atoms with van der Waals surface area (Å²) >= 11 is 0. The molecule has 0 spiro atoms. The van der Waals surface area contributed by atoms with Crippen molar-refractivity contribution in [2.75, 3.05) is 13.2 Å². The van der Waals surface area contributed by atoms with E-state index in [0.717, 1.165) is 49.8 Å². The van der Waals surface area contributed by atoms with Gasteiger partial charge in [-0.15, -0.1) is 0 Å². The van der Waals surface area contributed by atoms with Crippen molar-refractivity contribution in [2.24, 2.45) is 17.8 Å². The van der Waals surface area contributed by atoms with Crippen LogP contribution in [0.3, 0.4) is 0 Å². The number of benzene rings is 1. The van der Waals surface area contributed by atoms with Crippen molar-refractivity contribution in [3.05, 3.63) is 29.8 Å². The summed E-state index contributed by atoms with van der Waals surface area (Å²) in [5.41, 5.74) is 1.19. The number of rotatable bonds is 8. The van der Waals surface area contributed by atoms with Gasteiger partial charge < -0.3 is 9.64 Å². The Morgan fingerprint density at radius 2 is 2.04 bits per heavy atom. The van der Waals surface area contributed by atoms with Crippen molar-refractivity contribution in [1.29, 1.82) is 0 Å². The van der Waals surface area contributed by atoms with E-state index in [9.17, 15) is 4.79 Å². The molecule has 3 heteroatoms. The standard InChI is InChI=1S/C21H33NO2/c1-5-24-21-9-7-6-8-18(21)12-13-22(15-23)19-10-11-20(16(2)3)17(4)14-19/h6-9,15-17,19-20H,5,10-14H2,1-4H3. The fourth-order valence-corrected chi connectivity index (χ4v) is 4.26. The molecule has 0 bridgehead atoms. The van der Waals surface area contributed by atoms with Crippen molar-refractivity contribution in [1.82, 2.24) is 4.90 Å². The van der Waals surface area contributed by atoms with Gasteiger partial charge in [0.2, 0.25) is 6.41 Å². The maximum atomic E-state index is 11.7. The Morgan fingerprint density at radius 1 is 1.29 bits per heavy atom. The number of carbonyl (C=O) groups is 1. The summed E-state index contributed by atoms with van der Waals surface area (Å²) in [6.45, 7) is 10.4. The second-order valence-corrected chi connectivity index (χ2v) is 7.49. The van der Waals surface area contributed by atoms with E-state index in [1.54, 1.807) is 0 Å². The molecule has 24 heavy (non-hydrogen) atoms. The zero-order valence-corrected chi connectivity index (χ0v) is 15.7. The van der Waals surface area contributed by atoms with Crippen LogP contribution in [0.2, 0.25) is 0 Å². The fourth-order valence-electron chi connectivity index (χ4n) is 4.26. The summed E-state index contributed by atoms with van der Waals surface area (Å²) in [7, 11) is 0. The van der Waals surface area contributed by atoms with E-state index in [0.29, 0.717) is 18.6 Å². The van der Waals surface area contributed by atoms with Gasteiger partial charge in [0, 0.05) is 12.6 Å². The number of para-hydroxylation sites is 1. The molecule has 3 atom stereocenters. The van der Waals surface area contributed by atoms with Crippen LogP contribution in [0, 0.1) is 17.8 Å². The molecule has 1 saturated carbocycles. The molecule has 1 aliphatic rings. The van der Waals surface area contributed by atoms with Crippen LogP contribution in [0.25, 0.3) is 0 Å². The summed E-state index contributed by atoms with van der Waals surface area (Å²) in [4.78, 5) is 13.7. The molecule has 1 fully saturated rings. The lowest BCUT2D eigenvalue weighted by atomic mass is 9.72. The molecule has 1 aromatic carbocycles. The van der Waals surface area contributed by atoms with Crippen molar-refractivity contribution in [3.63, 3.8) is 0 Å². The molecule has 3 nitrogen and oxygen atoms in total. The Balaban J connectivity index is 1.95. The molecule has 0 N–H and O–H groups in total. The summed E-state index contributed by atoms with van der Waals surface area (Å²) in [6, 6.07) is 8.55. The second-order valence-electron chi connectivity index (χ2n) is 7.49. The third kappa shape index (κ3) is 4.75. The maximum Gasteiger partial charge on any atom is 0.209 e. The molecule has 0 aliphatic heterocycles. The Labute approximate surface area is 147 Å². The van der Waals surface area contributed by atoms with E-state index < -0.39 is 0 Å². The average Bonchev–Trinajstić information content (AvgIpc) is 2.57. The smallest absolute Gasteiger partial charge is 0.209 e. The van der Waals surface area contributed by atoms with Gasteiger partial charge in [0.05, 0.1) is 6.61 Å². The van der Waals surface area contributed by atoms with Gasteiger partial charge in [-0.3, -0.25) is 4.79 Å². The van der Waals surface area contributed by atoms with Crippen LogP contribution in [-0.4, -0.2) is 30.5 Å². The van der Waals surface area contributed by atoms with Crippen LogP contribution in [0.1, 0.15) is 52.5 Å². The van der Waals surface area contributed by atoms with Crippen LogP contribution in [0.5, 0.6) is 5.75 Å². The molecule has 1 aliphatic carbocycles. The van der Waals surface area contributed by atoms with Crippen LogP contribution < -0.4 is 4.74 Å². The first kappa shape index (κ1) is 18.8. The predicted octanol–water partition coefficient (Wildman–Crippen LogP) is 4.55. The van der Waals surface area contributed by atoms with Crippen LogP contribution in [0.15, 0.2) is 24.3 Å². The first-order valence-electron chi connectivity index (χ1n) is 9.48. The third-order valence-corrected chi connectivity index (χ3v) is 5.58. The normalized spacial score (nSPS) is 24.0. The van der Waals surface area contributed by atoms with Crippen molar-refractivity contribution < 1.29 is 9.53 Å². The van der Waals surface area contributed by atoms with Gasteiger partial charge in [0.15, 0.2) is 0 Å². The minimum Gasteiger partial charge on any atom is -0.494 e. The number of ether oxygens (including phenoxy) is 1. The lowest BCUT2D eigenvalue weighted by molar-refractivity contribution is -0.121. The Bertz CT molecular complexity index is 514. The third-order valence-electron chi connectivity index (χ3n) is 5.58. The SMILES string of the molecule is CCOc1ccccc1CCN(C=O)C1CCC(C(C)C)C(C)C1. The first-order chi connectivity index (χ1) is 11.6. The minimum absolute atomic E-state index is 0.395. The molecular weight excluding hydrogens is 298 g/mol. The highest BCUT2D eigenvalue weighted by atomic mass is 16.5. The highest BCUT2D eigenvalue weighted by molar-refractivity contribution is 5.48. The van der Waals surface area contributed by atoms with Gasteiger partial charge >= 0.3 is 0 Å². The summed E-state index contributed by atoms with van der Waals surface area (Å²) in [6.07, 6.45) is 5.42. The van der Waals surface area contributed by atoms with Crippen LogP contribution >= 0.6 is 0 Å². The zero-order chi connectivity index (χ0) is 17.5. The molecule has 2 rings (SSSR count). The van der Waals surface area contributed by atoms with Gasteiger partial charge in [0.1, 0.15) is 5.75 Å². The topological polar surface area (TPSA) is 29.5 Å². The van der Waals surface area contributed by atoms with Gasteiger partial charge in [-0.2, -0.15) is 0 Å². The Hall–Kier alpha value is -1.51.